The number of carbonyl (C=O) groups is 1. The fourth-order valence-corrected chi connectivity index (χ4v) is 3.86. The standard InChI is InChI=1S/C21H23Cl2N3O5/c1-3-10-31-20-16(23)11-14(12-19(20)30-2)21(27)25-8-6-24(7-9-25)17-5-4-15(22)13-18(17)26(28)29/h4-5,11-13H,3,6-10H2,1-2H3. The first-order valence-electron chi connectivity index (χ1n) is 9.84. The molecule has 1 saturated heterocycles. The van der Waals surface area contributed by atoms with Crippen molar-refractivity contribution in [1.29, 1.82) is 0 Å². The maximum Gasteiger partial charge on any atom is 0.294 e. The van der Waals surface area contributed by atoms with Gasteiger partial charge in [0.15, 0.2) is 11.5 Å². The summed E-state index contributed by atoms with van der Waals surface area (Å²) in [5, 5.41) is 12.0. The van der Waals surface area contributed by atoms with Gasteiger partial charge in [0.05, 0.1) is 23.7 Å². The van der Waals surface area contributed by atoms with Crippen LogP contribution < -0.4 is 14.4 Å². The summed E-state index contributed by atoms with van der Waals surface area (Å²) in [6, 6.07) is 7.80. The van der Waals surface area contributed by atoms with Crippen LogP contribution in [0.4, 0.5) is 11.4 Å². The second-order valence-corrected chi connectivity index (χ2v) is 7.85. The van der Waals surface area contributed by atoms with Gasteiger partial charge in [-0.25, -0.2) is 0 Å². The molecule has 10 heteroatoms. The molecule has 0 bridgehead atoms. The van der Waals surface area contributed by atoms with E-state index < -0.39 is 4.92 Å². The minimum Gasteiger partial charge on any atom is -0.493 e. The van der Waals surface area contributed by atoms with E-state index in [1.165, 1.54) is 13.2 Å². The number of methoxy groups -OCH3 is 1. The van der Waals surface area contributed by atoms with Crippen LogP contribution in [0, 0.1) is 10.1 Å². The van der Waals surface area contributed by atoms with Crippen molar-refractivity contribution in [3.05, 3.63) is 56.1 Å². The van der Waals surface area contributed by atoms with E-state index in [9.17, 15) is 14.9 Å². The Labute approximate surface area is 190 Å². The first kappa shape index (κ1) is 23.0. The molecule has 3 rings (SSSR count). The molecule has 31 heavy (non-hydrogen) atoms. The first-order chi connectivity index (χ1) is 14.8. The Morgan fingerprint density at radius 1 is 1.16 bits per heavy atom. The molecule has 0 unspecified atom stereocenters. The van der Waals surface area contributed by atoms with Crippen molar-refractivity contribution in [1.82, 2.24) is 4.90 Å². The van der Waals surface area contributed by atoms with E-state index in [0.29, 0.717) is 65.6 Å². The van der Waals surface area contributed by atoms with Crippen molar-refractivity contribution < 1.29 is 19.2 Å². The van der Waals surface area contributed by atoms with Gasteiger partial charge < -0.3 is 19.3 Å². The Hall–Kier alpha value is -2.71. The SMILES string of the molecule is CCCOc1c(Cl)cc(C(=O)N2CCN(c3ccc(Cl)cc3[N+](=O)[O-])CC2)cc1OC. The number of piperazine rings is 1. The van der Waals surface area contributed by atoms with Gasteiger partial charge in [0.25, 0.3) is 11.6 Å². The summed E-state index contributed by atoms with van der Waals surface area (Å²) in [7, 11) is 1.50. The number of nitro groups is 1. The molecule has 1 amide bonds. The predicted molar refractivity (Wildman–Crippen MR) is 120 cm³/mol. The number of benzene rings is 2. The van der Waals surface area contributed by atoms with Crippen LogP contribution in [0.15, 0.2) is 30.3 Å². The zero-order valence-electron chi connectivity index (χ0n) is 17.3. The molecule has 0 saturated carbocycles. The number of anilines is 1. The molecule has 0 spiro atoms. The van der Waals surface area contributed by atoms with E-state index in [4.69, 9.17) is 32.7 Å². The Kier molecular flexibility index (Phi) is 7.46. The minimum atomic E-state index is -0.449. The third kappa shape index (κ3) is 5.14. The van der Waals surface area contributed by atoms with E-state index in [0.717, 1.165) is 6.42 Å². The molecule has 0 aliphatic carbocycles. The summed E-state index contributed by atoms with van der Waals surface area (Å²) in [5.41, 5.74) is 0.840. The van der Waals surface area contributed by atoms with Crippen LogP contribution in [-0.4, -0.2) is 55.6 Å². The van der Waals surface area contributed by atoms with Gasteiger partial charge in [0.2, 0.25) is 0 Å². The monoisotopic (exact) mass is 467 g/mol. The van der Waals surface area contributed by atoms with Gasteiger partial charge in [-0.1, -0.05) is 30.1 Å². The Morgan fingerprint density at radius 3 is 2.48 bits per heavy atom. The highest BCUT2D eigenvalue weighted by molar-refractivity contribution is 6.32. The van der Waals surface area contributed by atoms with Crippen molar-refractivity contribution in [3.63, 3.8) is 0 Å². The Balaban J connectivity index is 1.74. The first-order valence-corrected chi connectivity index (χ1v) is 10.6. The van der Waals surface area contributed by atoms with Crippen LogP contribution in [-0.2, 0) is 0 Å². The quantitative estimate of drug-likeness (QED) is 0.434. The van der Waals surface area contributed by atoms with Crippen LogP contribution in [0.25, 0.3) is 0 Å². The number of amides is 1. The number of carbonyl (C=O) groups excluding carboxylic acids is 1. The summed E-state index contributed by atoms with van der Waals surface area (Å²) in [4.78, 5) is 27.5. The summed E-state index contributed by atoms with van der Waals surface area (Å²) in [6.07, 6.45) is 0.816. The van der Waals surface area contributed by atoms with Crippen LogP contribution in [0.5, 0.6) is 11.5 Å². The van der Waals surface area contributed by atoms with Crippen LogP contribution >= 0.6 is 23.2 Å². The van der Waals surface area contributed by atoms with Crippen molar-refractivity contribution in [2.45, 2.75) is 13.3 Å². The van der Waals surface area contributed by atoms with Gasteiger partial charge in [-0.05, 0) is 30.7 Å². The Morgan fingerprint density at radius 2 is 1.87 bits per heavy atom. The lowest BCUT2D eigenvalue weighted by Crippen LogP contribution is -2.49. The lowest BCUT2D eigenvalue weighted by molar-refractivity contribution is -0.384. The maximum absolute atomic E-state index is 13.0. The molecule has 1 aliphatic rings. The van der Waals surface area contributed by atoms with Gasteiger partial charge >= 0.3 is 0 Å². The molecule has 0 atom stereocenters. The summed E-state index contributed by atoms with van der Waals surface area (Å²) >= 11 is 12.2. The van der Waals surface area contributed by atoms with Gasteiger partial charge in [-0.15, -0.1) is 0 Å². The molecule has 1 aliphatic heterocycles. The lowest BCUT2D eigenvalue weighted by atomic mass is 10.1. The number of halogens is 2. The van der Waals surface area contributed by atoms with Gasteiger partial charge in [-0.3, -0.25) is 14.9 Å². The van der Waals surface area contributed by atoms with Crippen LogP contribution in [0.3, 0.4) is 0 Å². The molecule has 166 valence electrons. The molecular formula is C21H23Cl2N3O5. The second kappa shape index (κ2) is 10.1. The van der Waals surface area contributed by atoms with E-state index in [1.807, 2.05) is 11.8 Å². The fraction of sp³-hybridized carbons (Fsp3) is 0.381. The predicted octanol–water partition coefficient (Wildman–Crippen LogP) is 4.66. The molecule has 0 aromatic heterocycles. The van der Waals surface area contributed by atoms with E-state index >= 15 is 0 Å². The largest absolute Gasteiger partial charge is 0.493 e. The average Bonchev–Trinajstić information content (AvgIpc) is 2.77. The number of nitro benzene ring substituents is 1. The van der Waals surface area contributed by atoms with Gasteiger partial charge in [0.1, 0.15) is 5.69 Å². The number of ether oxygens (including phenoxy) is 2. The van der Waals surface area contributed by atoms with E-state index in [1.54, 1.807) is 29.2 Å². The molecule has 2 aromatic rings. The minimum absolute atomic E-state index is 0.0496. The highest BCUT2D eigenvalue weighted by Gasteiger charge is 2.27. The molecule has 0 N–H and O–H groups in total. The lowest BCUT2D eigenvalue weighted by Gasteiger charge is -2.36. The Bertz CT molecular complexity index is 978. The number of nitrogens with zero attached hydrogens (tertiary/aromatic N) is 3. The summed E-state index contributed by atoms with van der Waals surface area (Å²) in [5.74, 6) is 0.634. The van der Waals surface area contributed by atoms with E-state index in [-0.39, 0.29) is 11.6 Å². The highest BCUT2D eigenvalue weighted by atomic mass is 35.5. The van der Waals surface area contributed by atoms with Crippen molar-refractivity contribution in [2.24, 2.45) is 0 Å². The third-order valence-electron chi connectivity index (χ3n) is 4.97. The number of rotatable bonds is 7. The average molecular weight is 468 g/mol. The van der Waals surface area contributed by atoms with Gasteiger partial charge in [0, 0.05) is 42.8 Å². The molecule has 1 fully saturated rings. The van der Waals surface area contributed by atoms with Crippen molar-refractivity contribution in [3.8, 4) is 11.5 Å². The highest BCUT2D eigenvalue weighted by Crippen LogP contribution is 2.37. The smallest absolute Gasteiger partial charge is 0.294 e. The molecule has 8 nitrogen and oxygen atoms in total. The molecular weight excluding hydrogens is 445 g/mol. The van der Waals surface area contributed by atoms with Crippen LogP contribution in [0.2, 0.25) is 10.0 Å². The van der Waals surface area contributed by atoms with Crippen molar-refractivity contribution in [2.75, 3.05) is 44.8 Å². The molecule has 1 heterocycles. The summed E-state index contributed by atoms with van der Waals surface area (Å²) < 4.78 is 11.0. The molecule has 2 aromatic carbocycles. The van der Waals surface area contributed by atoms with Gasteiger partial charge in [-0.2, -0.15) is 0 Å². The second-order valence-electron chi connectivity index (χ2n) is 7.01. The molecule has 0 radical (unpaired) electrons. The van der Waals surface area contributed by atoms with E-state index in [2.05, 4.69) is 0 Å². The zero-order chi connectivity index (χ0) is 22.5. The summed E-state index contributed by atoms with van der Waals surface area (Å²) in [6.45, 7) is 4.20. The third-order valence-corrected chi connectivity index (χ3v) is 5.48. The maximum atomic E-state index is 13.0. The normalized spacial score (nSPS) is 13.8. The number of hydrogen-bond acceptors (Lipinski definition) is 6. The fourth-order valence-electron chi connectivity index (χ4n) is 3.43. The van der Waals surface area contributed by atoms with Crippen LogP contribution in [0.1, 0.15) is 23.7 Å². The van der Waals surface area contributed by atoms with Crippen molar-refractivity contribution >= 4 is 40.5 Å². The topological polar surface area (TPSA) is 85.2 Å². The zero-order valence-corrected chi connectivity index (χ0v) is 18.8. The number of hydrogen-bond donors (Lipinski definition) is 0.